The molecule has 82 heavy (non-hydrogen) atoms. The maximum atomic E-state index is 5.51. The smallest absolute Gasteiger partial charge is 0.238 e. The van der Waals surface area contributed by atoms with Crippen LogP contribution in [0, 0.1) is 0 Å². The Balaban J connectivity index is 0.833. The lowest BCUT2D eigenvalue weighted by Crippen LogP contribution is -2.06. The van der Waals surface area contributed by atoms with Gasteiger partial charge in [0.15, 0.2) is 11.6 Å². The Labute approximate surface area is 479 Å². The van der Waals surface area contributed by atoms with Crippen LogP contribution in [0.3, 0.4) is 0 Å². The highest BCUT2D eigenvalue weighted by atomic mass is 32.1. The molecule has 0 bridgehead atoms. The van der Waals surface area contributed by atoms with Crippen LogP contribution in [-0.4, -0.2) is 24.1 Å². The third kappa shape index (κ3) is 7.55. The number of nitrogens with zero attached hydrogens (tertiary/aromatic N) is 5. The first-order valence-corrected chi connectivity index (χ1v) is 29.3. The van der Waals surface area contributed by atoms with E-state index in [0.29, 0.717) is 17.6 Å². The van der Waals surface area contributed by atoms with Crippen LogP contribution in [0.2, 0.25) is 0 Å². The Morgan fingerprint density at radius 3 is 1.26 bits per heavy atom. The molecule has 0 amide bonds. The van der Waals surface area contributed by atoms with E-state index in [-0.39, 0.29) is 0 Å². The largest absolute Gasteiger partial charge is 0.309 e. The summed E-state index contributed by atoms with van der Waals surface area (Å²) >= 11 is 3.70. The number of aromatic nitrogens is 5. The van der Waals surface area contributed by atoms with Crippen molar-refractivity contribution < 1.29 is 0 Å². The molecule has 0 N–H and O–H groups in total. The van der Waals surface area contributed by atoms with E-state index in [1.165, 1.54) is 67.8 Å². The van der Waals surface area contributed by atoms with Gasteiger partial charge in [-0.25, -0.2) is 4.98 Å². The summed E-state index contributed by atoms with van der Waals surface area (Å²) < 4.78 is 9.82. The molecule has 0 aliphatic carbocycles. The summed E-state index contributed by atoms with van der Waals surface area (Å²) in [5, 5.41) is 9.83. The topological polar surface area (TPSA) is 48.5 Å². The van der Waals surface area contributed by atoms with Crippen molar-refractivity contribution in [3.63, 3.8) is 0 Å². The Hall–Kier alpha value is -10.3. The Bertz CT molecular complexity index is 5430. The highest BCUT2D eigenvalue weighted by Gasteiger charge is 2.21. The first-order chi connectivity index (χ1) is 40.6. The number of hydrogen-bond acceptors (Lipinski definition) is 5. The minimum Gasteiger partial charge on any atom is -0.309 e. The van der Waals surface area contributed by atoms with E-state index >= 15 is 0 Å². The van der Waals surface area contributed by atoms with Crippen molar-refractivity contribution in [2.45, 2.75) is 0 Å². The van der Waals surface area contributed by atoms with Crippen molar-refractivity contribution >= 4 is 107 Å². The summed E-state index contributed by atoms with van der Waals surface area (Å²) in [6.45, 7) is 0. The van der Waals surface area contributed by atoms with Gasteiger partial charge in [0, 0.05) is 78.7 Å². The first kappa shape index (κ1) is 46.6. The molecule has 12 aromatic carbocycles. The van der Waals surface area contributed by atoms with E-state index < -0.39 is 0 Å². The van der Waals surface area contributed by atoms with E-state index in [1.54, 1.807) is 0 Å². The summed E-state index contributed by atoms with van der Waals surface area (Å²) in [5.41, 5.74) is 16.4. The van der Waals surface area contributed by atoms with Crippen LogP contribution in [0.5, 0.6) is 0 Å². The van der Waals surface area contributed by atoms with E-state index in [2.05, 4.69) is 282 Å². The molecule has 5 aromatic heterocycles. The zero-order valence-corrected chi connectivity index (χ0v) is 45.7. The van der Waals surface area contributed by atoms with Gasteiger partial charge in [-0.3, -0.25) is 4.57 Å². The van der Waals surface area contributed by atoms with Gasteiger partial charge >= 0.3 is 0 Å². The molecule has 0 atom stereocenters. The minimum absolute atomic E-state index is 0.545. The molecule has 17 aromatic rings. The average molecular weight is 1080 g/mol. The number of benzene rings is 12. The molecule has 0 fully saturated rings. The summed E-state index contributed by atoms with van der Waals surface area (Å²) in [6, 6.07) is 98.8. The molecular formula is C75H45N5S2. The third-order valence-corrected chi connectivity index (χ3v) is 18.7. The third-order valence-electron chi connectivity index (χ3n) is 16.4. The molecule has 0 spiro atoms. The van der Waals surface area contributed by atoms with Crippen LogP contribution in [0.1, 0.15) is 0 Å². The summed E-state index contributed by atoms with van der Waals surface area (Å²) in [5.74, 6) is 1.71. The summed E-state index contributed by atoms with van der Waals surface area (Å²) in [4.78, 5) is 16.4. The maximum Gasteiger partial charge on any atom is 0.238 e. The average Bonchev–Trinajstić information content (AvgIpc) is 3.77. The highest BCUT2D eigenvalue weighted by molar-refractivity contribution is 7.26. The molecular weight excluding hydrogens is 1030 g/mol. The molecule has 382 valence electrons. The number of para-hydroxylation sites is 2. The van der Waals surface area contributed by atoms with Gasteiger partial charge in [-0.05, 0) is 136 Å². The van der Waals surface area contributed by atoms with E-state index in [9.17, 15) is 0 Å². The van der Waals surface area contributed by atoms with Crippen LogP contribution < -0.4 is 0 Å². The molecule has 0 unspecified atom stereocenters. The SMILES string of the molecule is c1ccc(-c2ccccc2-c2cccc(-c3nc(-c4cccc(-n5c6ccccc6c6cc(-c7ccc8sc9ccccc9c8c7)ccc65)c4)nc(-n4c5ccccc5c5cc(-c6ccc7sc8ccccc8c7c6)ccc54)n3)c2)cc1. The molecule has 0 aliphatic rings. The van der Waals surface area contributed by atoms with Crippen molar-refractivity contribution in [2.24, 2.45) is 0 Å². The maximum absolute atomic E-state index is 5.51. The lowest BCUT2D eigenvalue weighted by Gasteiger charge is -2.14. The van der Waals surface area contributed by atoms with E-state index in [4.69, 9.17) is 15.0 Å². The minimum atomic E-state index is 0.545. The number of hydrogen-bond donors (Lipinski definition) is 0. The fourth-order valence-electron chi connectivity index (χ4n) is 12.5. The molecule has 7 heteroatoms. The van der Waals surface area contributed by atoms with Crippen molar-refractivity contribution in [3.8, 4) is 78.9 Å². The van der Waals surface area contributed by atoms with Crippen LogP contribution in [-0.2, 0) is 0 Å². The monoisotopic (exact) mass is 1080 g/mol. The second kappa shape index (κ2) is 18.6. The van der Waals surface area contributed by atoms with Gasteiger partial charge in [0.05, 0.1) is 22.1 Å². The fourth-order valence-corrected chi connectivity index (χ4v) is 14.7. The van der Waals surface area contributed by atoms with E-state index in [0.717, 1.165) is 77.5 Å². The molecule has 0 saturated carbocycles. The van der Waals surface area contributed by atoms with E-state index in [1.807, 2.05) is 22.7 Å². The highest BCUT2D eigenvalue weighted by Crippen LogP contribution is 2.43. The zero-order chi connectivity index (χ0) is 53.8. The number of thiophene rings is 2. The van der Waals surface area contributed by atoms with Crippen LogP contribution in [0.15, 0.2) is 273 Å². The normalized spacial score (nSPS) is 11.9. The quantitative estimate of drug-likeness (QED) is 0.152. The van der Waals surface area contributed by atoms with Crippen molar-refractivity contribution in [1.82, 2.24) is 24.1 Å². The van der Waals surface area contributed by atoms with Gasteiger partial charge in [-0.1, -0.05) is 182 Å². The van der Waals surface area contributed by atoms with Crippen molar-refractivity contribution in [1.29, 1.82) is 0 Å². The van der Waals surface area contributed by atoms with Crippen molar-refractivity contribution in [2.75, 3.05) is 0 Å². The van der Waals surface area contributed by atoms with Crippen LogP contribution >= 0.6 is 22.7 Å². The lowest BCUT2D eigenvalue weighted by molar-refractivity contribution is 0.953. The number of fused-ring (bicyclic) bond motifs is 12. The standard InChI is InChI=1S/C75H45N5S2/c1-2-16-46(17-3-1)55-22-4-5-23-56(55)51-18-14-19-52(40-51)73-76-74(78-75(77-73)80-66-29-11-7-25-58(66)62-43-48(33-37-68(62)80)50-35-39-72-64(45-50)60-27-9-13-31-70(60)82-72)53-20-15-21-54(41-53)79-65-28-10-6-24-57(65)61-42-47(32-36-67(61)79)49-34-38-71-63(44-49)59-26-8-12-30-69(59)81-71/h1-45H. The second-order valence-corrected chi connectivity index (χ2v) is 23.3. The fraction of sp³-hybridized carbons (Fsp3) is 0. The zero-order valence-electron chi connectivity index (χ0n) is 44.0. The lowest BCUT2D eigenvalue weighted by atomic mass is 9.94. The van der Waals surface area contributed by atoms with Gasteiger partial charge in [0.25, 0.3) is 0 Å². The summed E-state index contributed by atoms with van der Waals surface area (Å²) in [7, 11) is 0. The van der Waals surface area contributed by atoms with Gasteiger partial charge in [-0.2, -0.15) is 9.97 Å². The van der Waals surface area contributed by atoms with Gasteiger partial charge in [-0.15, -0.1) is 22.7 Å². The molecule has 17 rings (SSSR count). The Kier molecular flexibility index (Phi) is 10.6. The predicted molar refractivity (Wildman–Crippen MR) is 347 cm³/mol. The van der Waals surface area contributed by atoms with Gasteiger partial charge < -0.3 is 4.57 Å². The summed E-state index contributed by atoms with van der Waals surface area (Å²) in [6.07, 6.45) is 0. The van der Waals surface area contributed by atoms with Crippen molar-refractivity contribution in [3.05, 3.63) is 273 Å². The molecule has 0 radical (unpaired) electrons. The van der Waals surface area contributed by atoms with Crippen LogP contribution in [0.4, 0.5) is 0 Å². The molecule has 5 heterocycles. The Morgan fingerprint density at radius 2 is 0.646 bits per heavy atom. The Morgan fingerprint density at radius 1 is 0.232 bits per heavy atom. The first-order valence-electron chi connectivity index (χ1n) is 27.6. The van der Waals surface area contributed by atoms with Gasteiger partial charge in [0.1, 0.15) is 0 Å². The molecule has 0 saturated heterocycles. The van der Waals surface area contributed by atoms with Crippen LogP contribution in [0.25, 0.3) is 163 Å². The predicted octanol–water partition coefficient (Wildman–Crippen LogP) is 20.8. The molecule has 0 aliphatic heterocycles. The second-order valence-electron chi connectivity index (χ2n) is 21.1. The molecule has 5 nitrogen and oxygen atoms in total. The van der Waals surface area contributed by atoms with Gasteiger partial charge in [0.2, 0.25) is 5.95 Å². The number of rotatable bonds is 8.